The minimum absolute atomic E-state index is 0.0370. The van der Waals surface area contributed by atoms with E-state index in [1.54, 1.807) is 24.3 Å². The van der Waals surface area contributed by atoms with Crippen LogP contribution in [0.15, 0.2) is 47.3 Å². The first-order valence-electron chi connectivity index (χ1n) is 9.75. The summed E-state index contributed by atoms with van der Waals surface area (Å²) >= 11 is 0. The average molecular weight is 431 g/mol. The molecule has 1 N–H and O–H groups in total. The molecule has 162 valence electrons. The number of alkyl halides is 3. The van der Waals surface area contributed by atoms with E-state index in [2.05, 4.69) is 15.3 Å². The van der Waals surface area contributed by atoms with Crippen LogP contribution in [0.5, 0.6) is 5.75 Å². The lowest BCUT2D eigenvalue weighted by molar-refractivity contribution is -0.175. The molecule has 9 heteroatoms. The number of ether oxygens (including phenoxy) is 1. The molecular weight excluding hydrogens is 411 g/mol. The number of methoxy groups -OCH3 is 1. The molecule has 2 heterocycles. The topological polar surface area (TPSA) is 77.2 Å². The maximum absolute atomic E-state index is 13.0. The van der Waals surface area contributed by atoms with Crippen LogP contribution in [0.4, 0.5) is 13.2 Å². The highest BCUT2D eigenvalue weighted by atomic mass is 19.4. The predicted molar refractivity (Wildman–Crippen MR) is 107 cm³/mol. The normalized spacial score (nSPS) is 16.8. The first-order valence-corrected chi connectivity index (χ1v) is 9.75. The third-order valence-electron chi connectivity index (χ3n) is 5.36. The summed E-state index contributed by atoms with van der Waals surface area (Å²) in [5.41, 5.74) is 2.48. The van der Waals surface area contributed by atoms with E-state index in [0.29, 0.717) is 34.5 Å². The van der Waals surface area contributed by atoms with E-state index in [9.17, 15) is 18.0 Å². The van der Waals surface area contributed by atoms with Crippen molar-refractivity contribution in [1.29, 1.82) is 0 Å². The van der Waals surface area contributed by atoms with Crippen molar-refractivity contribution >= 4 is 22.4 Å². The summed E-state index contributed by atoms with van der Waals surface area (Å²) in [6.07, 6.45) is 2.08. The van der Waals surface area contributed by atoms with E-state index < -0.39 is 12.1 Å². The molecule has 1 aromatic carbocycles. The van der Waals surface area contributed by atoms with Crippen LogP contribution in [0.2, 0.25) is 0 Å². The van der Waals surface area contributed by atoms with Gasteiger partial charge in [0.25, 0.3) is 5.91 Å². The molecule has 0 saturated carbocycles. The molecule has 1 atom stereocenters. The fourth-order valence-electron chi connectivity index (χ4n) is 3.68. The first kappa shape index (κ1) is 20.9. The molecule has 2 aromatic heterocycles. The van der Waals surface area contributed by atoms with Gasteiger partial charge in [-0.15, -0.1) is 0 Å². The monoisotopic (exact) mass is 431 g/mol. The molecule has 0 saturated heterocycles. The van der Waals surface area contributed by atoms with Gasteiger partial charge < -0.3 is 14.5 Å². The number of rotatable bonds is 5. The van der Waals surface area contributed by atoms with E-state index in [0.717, 1.165) is 11.1 Å². The van der Waals surface area contributed by atoms with Gasteiger partial charge >= 0.3 is 6.18 Å². The van der Waals surface area contributed by atoms with Gasteiger partial charge in [0, 0.05) is 17.1 Å². The Balaban J connectivity index is 1.63. The molecule has 0 bridgehead atoms. The summed E-state index contributed by atoms with van der Waals surface area (Å²) in [4.78, 5) is 20.9. The van der Waals surface area contributed by atoms with Crippen LogP contribution in [0, 0.1) is 5.92 Å². The molecule has 0 aliphatic heterocycles. The van der Waals surface area contributed by atoms with Crippen molar-refractivity contribution < 1.29 is 27.1 Å². The Morgan fingerprint density at radius 1 is 1.29 bits per heavy atom. The number of aromatic nitrogens is 2. The highest BCUT2D eigenvalue weighted by Crippen LogP contribution is 2.41. The highest BCUT2D eigenvalue weighted by Gasteiger charge is 2.39. The maximum atomic E-state index is 13.0. The second-order valence-electron chi connectivity index (χ2n) is 7.32. The van der Waals surface area contributed by atoms with Gasteiger partial charge in [-0.25, -0.2) is 4.98 Å². The summed E-state index contributed by atoms with van der Waals surface area (Å²) in [5.74, 6) is -0.741. The van der Waals surface area contributed by atoms with Crippen molar-refractivity contribution in [1.82, 2.24) is 15.3 Å². The van der Waals surface area contributed by atoms with Crippen LogP contribution < -0.4 is 10.1 Å². The number of carbonyl (C=O) groups excluding carboxylic acids is 1. The fourth-order valence-corrected chi connectivity index (χ4v) is 3.68. The zero-order chi connectivity index (χ0) is 22.0. The number of pyridine rings is 1. The third kappa shape index (κ3) is 4.55. The van der Waals surface area contributed by atoms with Crippen LogP contribution in [-0.4, -0.2) is 29.2 Å². The van der Waals surface area contributed by atoms with Crippen LogP contribution in [0.3, 0.4) is 0 Å². The number of nitrogens with one attached hydrogen (secondary N) is 1. The van der Waals surface area contributed by atoms with Gasteiger partial charge in [0.2, 0.25) is 5.89 Å². The molecule has 1 amide bonds. The van der Waals surface area contributed by atoms with Gasteiger partial charge in [-0.2, -0.15) is 13.2 Å². The second kappa shape index (κ2) is 8.41. The molecule has 6 nitrogen and oxygen atoms in total. The molecule has 1 aliphatic carbocycles. The van der Waals surface area contributed by atoms with E-state index in [-0.39, 0.29) is 25.3 Å². The zero-order valence-corrected chi connectivity index (χ0v) is 16.7. The lowest BCUT2D eigenvalue weighted by Gasteiger charge is -2.24. The summed E-state index contributed by atoms with van der Waals surface area (Å²) < 4.78 is 49.5. The highest BCUT2D eigenvalue weighted by molar-refractivity contribution is 5.99. The number of hydrogen-bond donors (Lipinski definition) is 1. The lowest BCUT2D eigenvalue weighted by atomic mass is 9.85. The first-order chi connectivity index (χ1) is 14.8. The Bertz CT molecular complexity index is 1120. The summed E-state index contributed by atoms with van der Waals surface area (Å²) in [7, 11) is 1.51. The van der Waals surface area contributed by atoms with Gasteiger partial charge in [0.15, 0.2) is 0 Å². The van der Waals surface area contributed by atoms with Crippen molar-refractivity contribution in [2.24, 2.45) is 5.92 Å². The van der Waals surface area contributed by atoms with Crippen LogP contribution in [0.25, 0.3) is 16.5 Å². The van der Waals surface area contributed by atoms with Crippen molar-refractivity contribution in [3.05, 3.63) is 59.9 Å². The molecule has 31 heavy (non-hydrogen) atoms. The molecular formula is C22H20F3N3O3. The minimum Gasteiger partial charge on any atom is -0.497 e. The predicted octanol–water partition coefficient (Wildman–Crippen LogP) is 4.91. The fraction of sp³-hybridized carbons (Fsp3) is 0.318. The quantitative estimate of drug-likeness (QED) is 0.621. The number of carbonyl (C=O) groups is 1. The number of allylic oxidation sites excluding steroid dienone is 2. The number of nitrogens with zero attached hydrogens (tertiary/aromatic N) is 2. The Labute approximate surface area is 176 Å². The number of benzene rings is 1. The van der Waals surface area contributed by atoms with Gasteiger partial charge in [-0.1, -0.05) is 6.08 Å². The minimum atomic E-state index is -4.19. The van der Waals surface area contributed by atoms with Crippen LogP contribution >= 0.6 is 0 Å². The van der Waals surface area contributed by atoms with Crippen molar-refractivity contribution in [3.8, 4) is 5.75 Å². The lowest BCUT2D eigenvalue weighted by Crippen LogP contribution is -2.24. The largest absolute Gasteiger partial charge is 0.497 e. The molecule has 4 rings (SSSR count). The zero-order valence-electron chi connectivity index (χ0n) is 16.7. The maximum Gasteiger partial charge on any atom is 0.392 e. The molecule has 0 fully saturated rings. The number of hydrogen-bond acceptors (Lipinski definition) is 5. The van der Waals surface area contributed by atoms with E-state index in [4.69, 9.17) is 9.15 Å². The molecule has 0 spiro atoms. The Hall–Kier alpha value is -3.36. The van der Waals surface area contributed by atoms with Crippen molar-refractivity contribution in [3.63, 3.8) is 0 Å². The van der Waals surface area contributed by atoms with Crippen molar-refractivity contribution in [2.45, 2.75) is 32.0 Å². The number of halogens is 3. The van der Waals surface area contributed by atoms with Gasteiger partial charge in [-0.3, -0.25) is 9.78 Å². The summed E-state index contributed by atoms with van der Waals surface area (Å²) in [6, 6.07) is 5.21. The standard InChI is InChI=1S/C22H20F3N3O3/c1-30-17-9-14-8-15(21(29)28-12-19-26-6-7-31-19)11-27-20(14)18(10-17)13-2-4-16(5-3-13)22(23,24)25/h2,6-11,16H,3-5,12H2,1H3,(H,28,29). The molecule has 3 aromatic rings. The number of fused-ring (bicyclic) bond motifs is 1. The van der Waals surface area contributed by atoms with E-state index in [1.807, 2.05) is 0 Å². The molecule has 1 unspecified atom stereocenters. The van der Waals surface area contributed by atoms with Crippen molar-refractivity contribution in [2.75, 3.05) is 7.11 Å². The number of oxazole rings is 1. The Morgan fingerprint density at radius 3 is 2.77 bits per heavy atom. The Kier molecular flexibility index (Phi) is 5.67. The molecule has 0 radical (unpaired) electrons. The average Bonchev–Trinajstić information content (AvgIpc) is 3.29. The Morgan fingerprint density at radius 2 is 2.13 bits per heavy atom. The van der Waals surface area contributed by atoms with Gasteiger partial charge in [-0.05, 0) is 43.0 Å². The second-order valence-corrected chi connectivity index (χ2v) is 7.32. The van der Waals surface area contributed by atoms with E-state index in [1.165, 1.54) is 25.8 Å². The van der Waals surface area contributed by atoms with E-state index >= 15 is 0 Å². The van der Waals surface area contributed by atoms with Gasteiger partial charge in [0.1, 0.15) is 12.0 Å². The SMILES string of the molecule is COc1cc(C2=CCC(C(F)(F)F)CC2)c2ncc(C(=O)NCc3ncco3)cc2c1. The van der Waals surface area contributed by atoms with Gasteiger partial charge in [0.05, 0.1) is 36.8 Å². The summed E-state index contributed by atoms with van der Waals surface area (Å²) in [5, 5.41) is 3.37. The smallest absolute Gasteiger partial charge is 0.392 e. The molecule has 1 aliphatic rings. The number of amides is 1. The van der Waals surface area contributed by atoms with Crippen LogP contribution in [-0.2, 0) is 6.54 Å². The summed E-state index contributed by atoms with van der Waals surface area (Å²) in [6.45, 7) is 0.139. The third-order valence-corrected chi connectivity index (χ3v) is 5.36. The van der Waals surface area contributed by atoms with Crippen LogP contribution in [0.1, 0.15) is 41.1 Å².